The van der Waals surface area contributed by atoms with Crippen LogP contribution in [0, 0.1) is 12.7 Å². The molecule has 1 aliphatic heterocycles. The van der Waals surface area contributed by atoms with Crippen LogP contribution in [0.1, 0.15) is 27.4 Å². The first-order valence-electron chi connectivity index (χ1n) is 11.1. The summed E-state index contributed by atoms with van der Waals surface area (Å²) in [7, 11) is 1.75. The Morgan fingerprint density at radius 1 is 1.26 bits per heavy atom. The van der Waals surface area contributed by atoms with Gasteiger partial charge in [0.15, 0.2) is 0 Å². The monoisotopic (exact) mass is 483 g/mol. The second kappa shape index (κ2) is 9.24. The quantitative estimate of drug-likeness (QED) is 0.393. The van der Waals surface area contributed by atoms with Crippen LogP contribution in [0.2, 0.25) is 0 Å². The summed E-state index contributed by atoms with van der Waals surface area (Å²) in [6.45, 7) is 4.58. The van der Waals surface area contributed by atoms with E-state index in [0.29, 0.717) is 23.3 Å². The molecule has 0 bridgehead atoms. The van der Waals surface area contributed by atoms with Crippen LogP contribution in [0.25, 0.3) is 10.9 Å². The number of carbonyl (C=O) groups excluding carboxylic acids is 1. The Morgan fingerprint density at radius 2 is 2.12 bits per heavy atom. The Balaban J connectivity index is 1.36. The van der Waals surface area contributed by atoms with Crippen LogP contribution in [0.4, 0.5) is 4.39 Å². The van der Waals surface area contributed by atoms with Crippen molar-refractivity contribution in [1.82, 2.24) is 33.8 Å². The van der Waals surface area contributed by atoms with Crippen LogP contribution in [-0.2, 0) is 33.2 Å². The minimum Gasteiger partial charge on any atom is -0.395 e. The molecule has 34 heavy (non-hydrogen) atoms. The van der Waals surface area contributed by atoms with Crippen LogP contribution < -0.4 is 5.32 Å². The Kier molecular flexibility index (Phi) is 6.15. The average molecular weight is 484 g/mol. The third-order valence-electron chi connectivity index (χ3n) is 6.18. The summed E-state index contributed by atoms with van der Waals surface area (Å²) in [6, 6.07) is 6.93. The lowest BCUT2D eigenvalue weighted by Gasteiger charge is -2.26. The smallest absolute Gasteiger partial charge is 0.268 e. The zero-order chi connectivity index (χ0) is 23.8. The van der Waals surface area contributed by atoms with E-state index in [2.05, 4.69) is 19.8 Å². The molecule has 1 aliphatic rings. The minimum absolute atomic E-state index is 0.0312. The van der Waals surface area contributed by atoms with Gasteiger partial charge in [-0.25, -0.2) is 8.70 Å². The molecule has 1 aromatic carbocycles. The SMILES string of the molecule is Cc1c(SN2CCn3nccc3C2)cc(C(=O)NCc2c(F)ccc3cnn(C)c23)n1CCO. The fraction of sp³-hybridized carbons (Fsp3) is 0.348. The zero-order valence-electron chi connectivity index (χ0n) is 19.0. The number of carbonyl (C=O) groups is 1. The minimum atomic E-state index is -0.390. The van der Waals surface area contributed by atoms with Crippen LogP contribution in [-0.4, -0.2) is 52.6 Å². The first-order valence-corrected chi connectivity index (χ1v) is 11.9. The van der Waals surface area contributed by atoms with E-state index in [1.165, 1.54) is 6.07 Å². The molecule has 0 saturated heterocycles. The molecule has 5 rings (SSSR count). The number of amides is 1. The van der Waals surface area contributed by atoms with E-state index in [-0.39, 0.29) is 24.9 Å². The second-order valence-electron chi connectivity index (χ2n) is 8.27. The highest BCUT2D eigenvalue weighted by Gasteiger charge is 2.23. The van der Waals surface area contributed by atoms with Gasteiger partial charge in [0.2, 0.25) is 0 Å². The number of nitrogens with one attached hydrogen (secondary N) is 1. The predicted molar refractivity (Wildman–Crippen MR) is 127 cm³/mol. The second-order valence-corrected chi connectivity index (χ2v) is 9.41. The molecule has 3 aromatic heterocycles. The van der Waals surface area contributed by atoms with Crippen molar-refractivity contribution in [1.29, 1.82) is 0 Å². The molecule has 4 aromatic rings. The lowest BCUT2D eigenvalue weighted by Crippen LogP contribution is -2.28. The molecule has 0 unspecified atom stereocenters. The molecule has 9 nitrogen and oxygen atoms in total. The lowest BCUT2D eigenvalue weighted by molar-refractivity contribution is 0.0940. The van der Waals surface area contributed by atoms with Gasteiger partial charge in [-0.1, -0.05) is 0 Å². The van der Waals surface area contributed by atoms with Crippen LogP contribution in [0.15, 0.2) is 41.6 Å². The largest absolute Gasteiger partial charge is 0.395 e. The molecule has 11 heteroatoms. The van der Waals surface area contributed by atoms with Gasteiger partial charge in [-0.2, -0.15) is 10.2 Å². The molecular formula is C23H26FN7O2S. The van der Waals surface area contributed by atoms with Gasteiger partial charge in [0.25, 0.3) is 5.91 Å². The molecule has 0 atom stereocenters. The van der Waals surface area contributed by atoms with Crippen LogP contribution in [0.3, 0.4) is 0 Å². The molecule has 178 valence electrons. The topological polar surface area (TPSA) is 93.1 Å². The number of fused-ring (bicyclic) bond motifs is 2. The number of nitrogens with zero attached hydrogens (tertiary/aromatic N) is 6. The highest BCUT2D eigenvalue weighted by molar-refractivity contribution is 7.97. The van der Waals surface area contributed by atoms with Gasteiger partial charge in [-0.05, 0) is 43.1 Å². The summed E-state index contributed by atoms with van der Waals surface area (Å²) in [5, 5.41) is 21.8. The number of rotatable bonds is 7. The van der Waals surface area contributed by atoms with Gasteiger partial charge in [-0.3, -0.25) is 14.2 Å². The summed E-state index contributed by atoms with van der Waals surface area (Å²) < 4.78 is 22.3. The first kappa shape index (κ1) is 22.6. The van der Waals surface area contributed by atoms with Crippen molar-refractivity contribution in [2.75, 3.05) is 13.2 Å². The number of benzene rings is 1. The van der Waals surface area contributed by atoms with Crippen molar-refractivity contribution in [3.05, 3.63) is 65.1 Å². The number of aliphatic hydroxyl groups excluding tert-OH is 1. The summed E-state index contributed by atoms with van der Waals surface area (Å²) in [4.78, 5) is 14.1. The number of hydrogen-bond donors (Lipinski definition) is 2. The average Bonchev–Trinajstić information content (AvgIpc) is 3.52. The Labute approximate surface area is 200 Å². The fourth-order valence-electron chi connectivity index (χ4n) is 4.42. The molecule has 0 aliphatic carbocycles. The van der Waals surface area contributed by atoms with E-state index in [9.17, 15) is 14.3 Å². The maximum absolute atomic E-state index is 14.6. The van der Waals surface area contributed by atoms with Crippen molar-refractivity contribution in [3.8, 4) is 0 Å². The van der Waals surface area contributed by atoms with Crippen molar-refractivity contribution in [2.45, 2.75) is 38.0 Å². The van der Waals surface area contributed by atoms with Gasteiger partial charge >= 0.3 is 0 Å². The highest BCUT2D eigenvalue weighted by atomic mass is 32.2. The lowest BCUT2D eigenvalue weighted by atomic mass is 10.1. The molecule has 0 radical (unpaired) electrons. The maximum Gasteiger partial charge on any atom is 0.268 e. The van der Waals surface area contributed by atoms with Crippen molar-refractivity contribution in [3.63, 3.8) is 0 Å². The Morgan fingerprint density at radius 3 is 2.94 bits per heavy atom. The molecular weight excluding hydrogens is 457 g/mol. The van der Waals surface area contributed by atoms with Crippen molar-refractivity contribution in [2.24, 2.45) is 7.05 Å². The summed E-state index contributed by atoms with van der Waals surface area (Å²) >= 11 is 1.60. The first-order chi connectivity index (χ1) is 16.5. The highest BCUT2D eigenvalue weighted by Crippen LogP contribution is 2.32. The third-order valence-corrected chi connectivity index (χ3v) is 7.36. The molecule has 0 saturated carbocycles. The Bertz CT molecular complexity index is 1360. The van der Waals surface area contributed by atoms with E-state index in [0.717, 1.165) is 41.3 Å². The van der Waals surface area contributed by atoms with E-state index in [1.54, 1.807) is 35.9 Å². The van der Waals surface area contributed by atoms with Gasteiger partial charge in [-0.15, -0.1) is 0 Å². The van der Waals surface area contributed by atoms with E-state index in [1.807, 2.05) is 34.5 Å². The maximum atomic E-state index is 14.6. The van der Waals surface area contributed by atoms with Crippen LogP contribution in [0.5, 0.6) is 0 Å². The summed E-state index contributed by atoms with van der Waals surface area (Å²) in [5.74, 6) is -0.711. The van der Waals surface area contributed by atoms with E-state index in [4.69, 9.17) is 0 Å². The molecule has 4 heterocycles. The van der Waals surface area contributed by atoms with Crippen molar-refractivity contribution < 1.29 is 14.3 Å². The molecule has 0 spiro atoms. The van der Waals surface area contributed by atoms with E-state index < -0.39 is 0 Å². The number of aryl methyl sites for hydroxylation is 1. The number of hydrogen-bond acceptors (Lipinski definition) is 6. The summed E-state index contributed by atoms with van der Waals surface area (Å²) in [6.07, 6.45) is 3.48. The van der Waals surface area contributed by atoms with Gasteiger partial charge in [0.1, 0.15) is 11.5 Å². The van der Waals surface area contributed by atoms with Gasteiger partial charge in [0.05, 0.1) is 37.1 Å². The molecule has 1 amide bonds. The summed E-state index contributed by atoms with van der Waals surface area (Å²) in [5.41, 5.74) is 3.54. The van der Waals surface area contributed by atoms with Crippen LogP contribution >= 0.6 is 11.9 Å². The Hall–Kier alpha value is -3.15. The fourth-order valence-corrected chi connectivity index (χ4v) is 5.47. The predicted octanol–water partition coefficient (Wildman–Crippen LogP) is 2.46. The standard InChI is InChI=1S/C23H26FN7O2S/c1-15-21(34-29-7-8-31-17(14-29)5-6-26-31)11-20(30(15)9-10-32)23(33)25-13-18-19(24)4-3-16-12-27-28(2)22(16)18/h3-6,11-12,32H,7-10,13-14H2,1-2H3,(H,25,33). The number of aliphatic hydroxyl groups is 1. The number of aromatic nitrogens is 5. The third kappa shape index (κ3) is 4.10. The van der Waals surface area contributed by atoms with Gasteiger partial charge < -0.3 is 15.0 Å². The van der Waals surface area contributed by atoms with Gasteiger partial charge in [0, 0.05) is 54.4 Å². The molecule has 2 N–H and O–H groups in total. The molecule has 0 fully saturated rings. The van der Waals surface area contributed by atoms with E-state index >= 15 is 0 Å². The normalized spacial score (nSPS) is 14.0. The zero-order valence-corrected chi connectivity index (χ0v) is 19.8. The van der Waals surface area contributed by atoms with Crippen molar-refractivity contribution >= 4 is 28.8 Å². The number of halogens is 1.